The third-order valence-corrected chi connectivity index (χ3v) is 9.29. The van der Waals surface area contributed by atoms with Crippen LogP contribution in [0.5, 0.6) is 0 Å². The van der Waals surface area contributed by atoms with Crippen molar-refractivity contribution in [1.29, 1.82) is 0 Å². The molecule has 1 heterocycles. The van der Waals surface area contributed by atoms with E-state index in [-0.39, 0.29) is 22.6 Å². The molecule has 5 aromatic carbocycles. The number of para-hydroxylation sites is 1. The SMILES string of the molecule is Cc1cc(C)c(-c2ccc3c(c2)C(C)(C)c2cc(/C=C4/C(=O)c5ccc(C)cc5C4=O)ccc2N3c2ccccc2)c(C)c1. The first-order chi connectivity index (χ1) is 21.0. The normalized spacial score (nSPS) is 15.8. The molecule has 1 aliphatic carbocycles. The Morgan fingerprint density at radius 1 is 0.614 bits per heavy atom. The van der Waals surface area contributed by atoms with Crippen molar-refractivity contribution in [3.63, 3.8) is 0 Å². The van der Waals surface area contributed by atoms with Gasteiger partial charge in [-0.15, -0.1) is 0 Å². The first kappa shape index (κ1) is 27.8. The summed E-state index contributed by atoms with van der Waals surface area (Å²) in [5, 5.41) is 0. The van der Waals surface area contributed by atoms with Gasteiger partial charge in [0.2, 0.25) is 0 Å². The number of fused-ring (bicyclic) bond motifs is 3. The first-order valence-electron chi connectivity index (χ1n) is 15.2. The van der Waals surface area contributed by atoms with Gasteiger partial charge in [-0.2, -0.15) is 0 Å². The zero-order valence-corrected chi connectivity index (χ0v) is 26.1. The minimum Gasteiger partial charge on any atom is -0.310 e. The summed E-state index contributed by atoms with van der Waals surface area (Å²) in [6.07, 6.45) is 1.77. The molecule has 0 fully saturated rings. The number of ketones is 2. The van der Waals surface area contributed by atoms with Crippen LogP contribution < -0.4 is 4.90 Å². The summed E-state index contributed by atoms with van der Waals surface area (Å²) in [6, 6.07) is 33.6. The summed E-state index contributed by atoms with van der Waals surface area (Å²) in [5.74, 6) is -0.401. The molecule has 5 aromatic rings. The van der Waals surface area contributed by atoms with Crippen molar-refractivity contribution < 1.29 is 9.59 Å². The van der Waals surface area contributed by atoms with E-state index >= 15 is 0 Å². The first-order valence-corrected chi connectivity index (χ1v) is 15.2. The molecule has 7 rings (SSSR count). The summed E-state index contributed by atoms with van der Waals surface area (Å²) < 4.78 is 0. The van der Waals surface area contributed by atoms with Gasteiger partial charge >= 0.3 is 0 Å². The number of Topliss-reactive ketones (excluding diaryl/α,β-unsaturated/α-hetero) is 2. The van der Waals surface area contributed by atoms with Gasteiger partial charge in [-0.1, -0.05) is 79.6 Å². The third kappa shape index (κ3) is 4.26. The topological polar surface area (TPSA) is 37.4 Å². The Bertz CT molecular complexity index is 2040. The number of carbonyl (C=O) groups excluding carboxylic acids is 2. The van der Waals surface area contributed by atoms with Gasteiger partial charge in [-0.3, -0.25) is 9.59 Å². The molecule has 3 nitrogen and oxygen atoms in total. The van der Waals surface area contributed by atoms with Crippen LogP contribution in [0.4, 0.5) is 17.1 Å². The highest BCUT2D eigenvalue weighted by atomic mass is 16.2. The molecule has 0 unspecified atom stereocenters. The van der Waals surface area contributed by atoms with E-state index in [4.69, 9.17) is 0 Å². The van der Waals surface area contributed by atoms with Gasteiger partial charge in [0.1, 0.15) is 0 Å². The largest absolute Gasteiger partial charge is 0.310 e. The van der Waals surface area contributed by atoms with E-state index in [1.54, 1.807) is 12.1 Å². The molecular formula is C41H35NO2. The second-order valence-corrected chi connectivity index (χ2v) is 12.8. The number of anilines is 3. The highest BCUT2D eigenvalue weighted by Crippen LogP contribution is 2.53. The maximum atomic E-state index is 13.3. The van der Waals surface area contributed by atoms with Gasteiger partial charge in [0.05, 0.1) is 16.9 Å². The molecule has 0 amide bonds. The number of allylic oxidation sites excluding steroid dienone is 1. The van der Waals surface area contributed by atoms with E-state index in [0.717, 1.165) is 33.8 Å². The van der Waals surface area contributed by atoms with Gasteiger partial charge < -0.3 is 4.90 Å². The number of aryl methyl sites for hydroxylation is 4. The van der Waals surface area contributed by atoms with Crippen molar-refractivity contribution in [2.45, 2.75) is 47.0 Å². The molecule has 0 saturated carbocycles. The second-order valence-electron chi connectivity index (χ2n) is 12.8. The van der Waals surface area contributed by atoms with Crippen molar-refractivity contribution in [1.82, 2.24) is 0 Å². The lowest BCUT2D eigenvalue weighted by Gasteiger charge is -2.42. The van der Waals surface area contributed by atoms with Crippen LogP contribution in [0.15, 0.2) is 103 Å². The summed E-state index contributed by atoms with van der Waals surface area (Å²) in [4.78, 5) is 29.0. The van der Waals surface area contributed by atoms with E-state index in [9.17, 15) is 9.59 Å². The molecule has 3 heteroatoms. The minimum absolute atomic E-state index is 0.199. The number of nitrogens with zero attached hydrogens (tertiary/aromatic N) is 1. The Morgan fingerprint density at radius 2 is 1.25 bits per heavy atom. The summed E-state index contributed by atoms with van der Waals surface area (Å²) in [6.45, 7) is 13.0. The number of hydrogen-bond acceptors (Lipinski definition) is 3. The molecule has 0 N–H and O–H groups in total. The van der Waals surface area contributed by atoms with E-state index in [1.165, 1.54) is 33.4 Å². The lowest BCUT2D eigenvalue weighted by Crippen LogP contribution is -2.30. The highest BCUT2D eigenvalue weighted by Gasteiger charge is 2.38. The molecule has 44 heavy (non-hydrogen) atoms. The van der Waals surface area contributed by atoms with Crippen molar-refractivity contribution in [3.8, 4) is 11.1 Å². The van der Waals surface area contributed by atoms with Crippen LogP contribution in [0.3, 0.4) is 0 Å². The summed E-state index contributed by atoms with van der Waals surface area (Å²) in [7, 11) is 0. The van der Waals surface area contributed by atoms with Gasteiger partial charge in [0, 0.05) is 22.2 Å². The number of benzene rings is 5. The molecule has 0 radical (unpaired) electrons. The van der Waals surface area contributed by atoms with Crippen LogP contribution in [-0.4, -0.2) is 11.6 Å². The zero-order valence-electron chi connectivity index (χ0n) is 26.1. The smallest absolute Gasteiger partial charge is 0.197 e. The van der Waals surface area contributed by atoms with E-state index in [0.29, 0.717) is 11.1 Å². The molecule has 0 aromatic heterocycles. The van der Waals surface area contributed by atoms with Crippen LogP contribution in [0.1, 0.15) is 73.5 Å². The molecule has 0 bridgehead atoms. The Labute approximate surface area is 259 Å². The standard InChI is InChI=1S/C41H35NO2/c1-24-12-15-31-32(20-24)40(44)33(39(31)43)21-28-13-16-36-34(22-28)41(5,6)35-23-29(38-26(3)18-25(2)19-27(38)4)14-17-37(35)42(36)30-10-8-7-9-11-30/h7-23H,1-6H3/b33-21-. The average Bonchev–Trinajstić information content (AvgIpc) is 3.22. The molecular weight excluding hydrogens is 538 g/mol. The summed E-state index contributed by atoms with van der Waals surface area (Å²) >= 11 is 0. The number of rotatable bonds is 3. The lowest BCUT2D eigenvalue weighted by molar-refractivity contribution is 0.0990. The molecule has 0 atom stereocenters. The second kappa shape index (κ2) is 10.0. The van der Waals surface area contributed by atoms with Crippen molar-refractivity contribution in [2.24, 2.45) is 0 Å². The van der Waals surface area contributed by atoms with E-state index in [1.807, 2.05) is 31.2 Å². The monoisotopic (exact) mass is 573 g/mol. The van der Waals surface area contributed by atoms with Gasteiger partial charge in [-0.25, -0.2) is 0 Å². The van der Waals surface area contributed by atoms with E-state index < -0.39 is 0 Å². The fourth-order valence-corrected chi connectivity index (χ4v) is 7.23. The highest BCUT2D eigenvalue weighted by molar-refractivity contribution is 6.41. The molecule has 0 spiro atoms. The fraction of sp³-hybridized carbons (Fsp3) is 0.171. The van der Waals surface area contributed by atoms with Crippen LogP contribution >= 0.6 is 0 Å². The number of hydrogen-bond donors (Lipinski definition) is 0. The Balaban J connectivity index is 1.40. The Kier molecular flexibility index (Phi) is 6.33. The maximum absolute atomic E-state index is 13.3. The molecule has 1 aliphatic heterocycles. The lowest BCUT2D eigenvalue weighted by atomic mass is 9.72. The molecule has 2 aliphatic rings. The van der Waals surface area contributed by atoms with Crippen LogP contribution in [0.2, 0.25) is 0 Å². The zero-order chi connectivity index (χ0) is 30.9. The van der Waals surface area contributed by atoms with Crippen LogP contribution in [0, 0.1) is 27.7 Å². The predicted octanol–water partition coefficient (Wildman–Crippen LogP) is 10.2. The fourth-order valence-electron chi connectivity index (χ4n) is 7.23. The maximum Gasteiger partial charge on any atom is 0.197 e. The van der Waals surface area contributed by atoms with Crippen molar-refractivity contribution in [2.75, 3.05) is 4.90 Å². The molecule has 216 valence electrons. The third-order valence-electron chi connectivity index (χ3n) is 9.29. The van der Waals surface area contributed by atoms with E-state index in [2.05, 4.69) is 106 Å². The van der Waals surface area contributed by atoms with Gasteiger partial charge in [-0.05, 0) is 115 Å². The van der Waals surface area contributed by atoms with Crippen LogP contribution in [0.25, 0.3) is 17.2 Å². The Morgan fingerprint density at radius 3 is 1.95 bits per heavy atom. The van der Waals surface area contributed by atoms with Crippen molar-refractivity contribution >= 4 is 34.7 Å². The number of carbonyl (C=O) groups is 2. The van der Waals surface area contributed by atoms with Crippen molar-refractivity contribution in [3.05, 3.63) is 153 Å². The van der Waals surface area contributed by atoms with Crippen LogP contribution in [-0.2, 0) is 5.41 Å². The predicted molar refractivity (Wildman–Crippen MR) is 181 cm³/mol. The summed E-state index contributed by atoms with van der Waals surface area (Å²) in [5.41, 5.74) is 14.7. The van der Waals surface area contributed by atoms with Gasteiger partial charge in [0.25, 0.3) is 0 Å². The minimum atomic E-state index is -0.350. The van der Waals surface area contributed by atoms with Gasteiger partial charge in [0.15, 0.2) is 11.6 Å². The Hall–Kier alpha value is -5.02. The molecule has 0 saturated heterocycles. The quantitative estimate of drug-likeness (QED) is 0.159. The average molecular weight is 574 g/mol.